The summed E-state index contributed by atoms with van der Waals surface area (Å²) in [4.78, 5) is 27.7. The molecule has 6 nitrogen and oxygen atoms in total. The van der Waals surface area contributed by atoms with Gasteiger partial charge in [0.25, 0.3) is 0 Å². The first kappa shape index (κ1) is 17.3. The molecule has 0 radical (unpaired) electrons. The second-order valence-corrected chi connectivity index (χ2v) is 5.46. The van der Waals surface area contributed by atoms with E-state index in [0.29, 0.717) is 39.2 Å². The van der Waals surface area contributed by atoms with E-state index in [1.54, 1.807) is 4.90 Å². The Hall–Kier alpha value is -2.08. The number of rotatable bonds is 6. The third-order valence-electron chi connectivity index (χ3n) is 3.80. The third kappa shape index (κ3) is 5.56. The Labute approximate surface area is 137 Å². The van der Waals surface area contributed by atoms with Crippen molar-refractivity contribution in [3.63, 3.8) is 0 Å². The predicted octanol–water partition coefficient (Wildman–Crippen LogP) is 1.16. The Morgan fingerprint density at radius 2 is 1.65 bits per heavy atom. The molecule has 1 aliphatic rings. The van der Waals surface area contributed by atoms with Crippen LogP contribution in [0.1, 0.15) is 12.8 Å². The summed E-state index contributed by atoms with van der Waals surface area (Å²) in [5, 5.41) is 0. The zero-order valence-corrected chi connectivity index (χ0v) is 13.6. The van der Waals surface area contributed by atoms with Crippen molar-refractivity contribution in [2.24, 2.45) is 0 Å². The zero-order chi connectivity index (χ0) is 16.5. The van der Waals surface area contributed by atoms with Crippen molar-refractivity contribution in [3.05, 3.63) is 30.3 Å². The molecule has 0 saturated carbocycles. The van der Waals surface area contributed by atoms with Gasteiger partial charge < -0.3 is 19.3 Å². The first-order chi connectivity index (χ1) is 11.2. The van der Waals surface area contributed by atoms with Gasteiger partial charge in [0.05, 0.1) is 13.0 Å². The normalized spacial score (nSPS) is 15.2. The summed E-state index contributed by atoms with van der Waals surface area (Å²) in [6.45, 7) is 2.95. The molecule has 126 valence electrons. The average molecular weight is 320 g/mol. The van der Waals surface area contributed by atoms with Gasteiger partial charge in [0, 0.05) is 33.3 Å². The smallest absolute Gasteiger partial charge is 0.248 e. The van der Waals surface area contributed by atoms with Crippen LogP contribution in [0.2, 0.25) is 0 Å². The Morgan fingerprint density at radius 3 is 2.30 bits per heavy atom. The number of amides is 2. The van der Waals surface area contributed by atoms with Crippen molar-refractivity contribution in [2.45, 2.75) is 12.8 Å². The maximum Gasteiger partial charge on any atom is 0.248 e. The molecule has 23 heavy (non-hydrogen) atoms. The maximum atomic E-state index is 12.3. The predicted molar refractivity (Wildman–Crippen MR) is 86.2 cm³/mol. The fourth-order valence-electron chi connectivity index (χ4n) is 2.56. The highest BCUT2D eigenvalue weighted by Gasteiger charge is 2.21. The second kappa shape index (κ2) is 9.15. The van der Waals surface area contributed by atoms with Gasteiger partial charge in [0.15, 0.2) is 0 Å². The van der Waals surface area contributed by atoms with Crippen molar-refractivity contribution in [2.75, 3.05) is 46.5 Å². The quantitative estimate of drug-likeness (QED) is 0.789. The van der Waals surface area contributed by atoms with E-state index in [0.717, 1.165) is 12.2 Å². The van der Waals surface area contributed by atoms with Crippen molar-refractivity contribution < 1.29 is 19.1 Å². The monoisotopic (exact) mass is 320 g/mol. The summed E-state index contributed by atoms with van der Waals surface area (Å²) >= 11 is 0. The van der Waals surface area contributed by atoms with E-state index in [9.17, 15) is 9.59 Å². The molecular weight excluding hydrogens is 296 g/mol. The lowest BCUT2D eigenvalue weighted by atomic mass is 10.3. The van der Waals surface area contributed by atoms with Crippen LogP contribution in [0.5, 0.6) is 5.75 Å². The zero-order valence-electron chi connectivity index (χ0n) is 13.6. The van der Waals surface area contributed by atoms with Crippen molar-refractivity contribution in [1.29, 1.82) is 0 Å². The van der Waals surface area contributed by atoms with Gasteiger partial charge in [-0.25, -0.2) is 0 Å². The summed E-state index contributed by atoms with van der Waals surface area (Å²) in [5.74, 6) is 0.823. The van der Waals surface area contributed by atoms with E-state index in [1.165, 1.54) is 7.11 Å². The molecular formula is C17H24N2O4. The first-order valence-electron chi connectivity index (χ1n) is 7.93. The van der Waals surface area contributed by atoms with Gasteiger partial charge in [-0.15, -0.1) is 0 Å². The number of ether oxygens (including phenoxy) is 2. The van der Waals surface area contributed by atoms with Crippen molar-refractivity contribution in [3.8, 4) is 5.75 Å². The summed E-state index contributed by atoms with van der Waals surface area (Å²) in [6, 6.07) is 9.46. The lowest BCUT2D eigenvalue weighted by molar-refractivity contribution is -0.136. The summed E-state index contributed by atoms with van der Waals surface area (Å²) < 4.78 is 10.4. The topological polar surface area (TPSA) is 59.1 Å². The molecule has 1 saturated heterocycles. The first-order valence-corrected chi connectivity index (χ1v) is 7.93. The van der Waals surface area contributed by atoms with Gasteiger partial charge in [-0.05, 0) is 18.6 Å². The number of hydrogen-bond donors (Lipinski definition) is 0. The van der Waals surface area contributed by atoms with E-state index in [4.69, 9.17) is 9.47 Å². The van der Waals surface area contributed by atoms with Gasteiger partial charge in [0.1, 0.15) is 12.4 Å². The van der Waals surface area contributed by atoms with Crippen LogP contribution in [0.15, 0.2) is 30.3 Å². The van der Waals surface area contributed by atoms with Gasteiger partial charge in [0.2, 0.25) is 11.8 Å². The minimum absolute atomic E-state index is 0.0193. The Morgan fingerprint density at radius 1 is 1.00 bits per heavy atom. The molecule has 0 N–H and O–H groups in total. The molecule has 0 spiro atoms. The van der Waals surface area contributed by atoms with Crippen LogP contribution in [-0.2, 0) is 14.3 Å². The Kier molecular flexibility index (Phi) is 6.87. The molecule has 1 aromatic rings. The van der Waals surface area contributed by atoms with Crippen LogP contribution in [0.25, 0.3) is 0 Å². The minimum Gasteiger partial charge on any atom is -0.493 e. The van der Waals surface area contributed by atoms with Gasteiger partial charge in [-0.3, -0.25) is 9.59 Å². The Bertz CT molecular complexity index is 507. The fourth-order valence-corrected chi connectivity index (χ4v) is 2.56. The Balaban J connectivity index is 1.73. The van der Waals surface area contributed by atoms with Crippen LogP contribution in [-0.4, -0.2) is 68.1 Å². The van der Waals surface area contributed by atoms with E-state index in [1.807, 2.05) is 35.2 Å². The summed E-state index contributed by atoms with van der Waals surface area (Å²) in [7, 11) is 1.51. The number of hydrogen-bond acceptors (Lipinski definition) is 4. The molecule has 2 rings (SSSR count). The number of para-hydroxylation sites is 1. The molecule has 0 aromatic heterocycles. The van der Waals surface area contributed by atoms with Gasteiger partial charge >= 0.3 is 0 Å². The largest absolute Gasteiger partial charge is 0.493 e. The molecule has 2 amide bonds. The van der Waals surface area contributed by atoms with E-state index in [-0.39, 0.29) is 18.4 Å². The molecule has 0 bridgehead atoms. The second-order valence-electron chi connectivity index (χ2n) is 5.46. The molecule has 0 unspecified atom stereocenters. The molecule has 0 aliphatic carbocycles. The van der Waals surface area contributed by atoms with Gasteiger partial charge in [-0.1, -0.05) is 18.2 Å². The highest BCUT2D eigenvalue weighted by Crippen LogP contribution is 2.10. The number of nitrogens with zero attached hydrogens (tertiary/aromatic N) is 2. The van der Waals surface area contributed by atoms with Gasteiger partial charge in [-0.2, -0.15) is 0 Å². The average Bonchev–Trinajstić information content (AvgIpc) is 2.82. The molecule has 1 fully saturated rings. The molecule has 1 aliphatic heterocycles. The lowest BCUT2D eigenvalue weighted by Gasteiger charge is -2.22. The van der Waals surface area contributed by atoms with E-state index >= 15 is 0 Å². The SMILES string of the molecule is COCC(=O)N1CCCN(C(=O)CCOc2ccccc2)CC1. The third-order valence-corrected chi connectivity index (χ3v) is 3.80. The van der Waals surface area contributed by atoms with Crippen LogP contribution >= 0.6 is 0 Å². The number of carbonyl (C=O) groups excluding carboxylic acids is 2. The lowest BCUT2D eigenvalue weighted by Crippen LogP contribution is -2.38. The van der Waals surface area contributed by atoms with Crippen LogP contribution in [0.4, 0.5) is 0 Å². The number of benzene rings is 1. The molecule has 1 heterocycles. The molecule has 0 atom stereocenters. The van der Waals surface area contributed by atoms with E-state index < -0.39 is 0 Å². The van der Waals surface area contributed by atoms with Crippen LogP contribution in [0.3, 0.4) is 0 Å². The summed E-state index contributed by atoms with van der Waals surface area (Å²) in [5.41, 5.74) is 0. The fraction of sp³-hybridized carbons (Fsp3) is 0.529. The number of carbonyl (C=O) groups is 2. The van der Waals surface area contributed by atoms with Crippen LogP contribution in [0, 0.1) is 0 Å². The molecule has 1 aromatic carbocycles. The van der Waals surface area contributed by atoms with Crippen molar-refractivity contribution >= 4 is 11.8 Å². The van der Waals surface area contributed by atoms with E-state index in [2.05, 4.69) is 0 Å². The minimum atomic E-state index is -0.0193. The summed E-state index contributed by atoms with van der Waals surface area (Å²) in [6.07, 6.45) is 1.14. The molecule has 6 heteroatoms. The van der Waals surface area contributed by atoms with Crippen molar-refractivity contribution in [1.82, 2.24) is 9.80 Å². The highest BCUT2D eigenvalue weighted by atomic mass is 16.5. The highest BCUT2D eigenvalue weighted by molar-refractivity contribution is 5.78. The maximum absolute atomic E-state index is 12.3. The van der Waals surface area contributed by atoms with Crippen LogP contribution < -0.4 is 4.74 Å². The standard InChI is InChI=1S/C17H24N2O4/c1-22-14-17(21)19-10-5-9-18(11-12-19)16(20)8-13-23-15-6-3-2-4-7-15/h2-4,6-7H,5,8-14H2,1H3. The number of methoxy groups -OCH3 is 1.